The number of fused-ring (bicyclic) bond motifs is 1. The summed E-state index contributed by atoms with van der Waals surface area (Å²) in [5, 5.41) is 8.82. The lowest BCUT2D eigenvalue weighted by molar-refractivity contribution is -0.192. The van der Waals surface area contributed by atoms with Crippen LogP contribution in [0.3, 0.4) is 0 Å². The van der Waals surface area contributed by atoms with Gasteiger partial charge in [-0.15, -0.1) is 0 Å². The topological polar surface area (TPSA) is 149 Å². The van der Waals surface area contributed by atoms with Gasteiger partial charge in [-0.05, 0) is 48.7 Å². The van der Waals surface area contributed by atoms with Crippen molar-refractivity contribution in [1.29, 1.82) is 0 Å². The van der Waals surface area contributed by atoms with Crippen molar-refractivity contribution >= 4 is 34.4 Å². The minimum atomic E-state index is -5.08. The highest BCUT2D eigenvalue weighted by Crippen LogP contribution is 2.28. The zero-order valence-corrected chi connectivity index (χ0v) is 19.6. The number of anilines is 1. The molecule has 3 aromatic rings. The zero-order chi connectivity index (χ0) is 27.2. The molecule has 1 aliphatic heterocycles. The van der Waals surface area contributed by atoms with Crippen LogP contribution >= 0.6 is 0 Å². The highest BCUT2D eigenvalue weighted by atomic mass is 19.4. The number of carboxylic acid groups (broad SMARTS) is 1. The molecular formula is C25H25F3N4O5. The largest absolute Gasteiger partial charge is 0.493 e. The van der Waals surface area contributed by atoms with E-state index in [1.165, 1.54) is 0 Å². The Bertz CT molecular complexity index is 1310. The molecular weight excluding hydrogens is 493 g/mol. The standard InChI is InChI=1S/C23H24N4O3.C2HF3O2/c24-21-19-4-3-5-20(18(19)8-10-26-21)30-13-9-15-14-16(6-7-17(15)22(25)28)23(29)27-11-1-2-12-27;3-2(4,5)1(6)7/h3-8,10,14H,1-2,9,11-13H2,(H2,24,26)(H2,25,28);(H,6,7). The molecule has 0 radical (unpaired) electrons. The number of nitrogen functional groups attached to an aromatic ring is 1. The average Bonchev–Trinajstić information content (AvgIpc) is 3.39. The normalized spacial score (nSPS) is 13.1. The summed E-state index contributed by atoms with van der Waals surface area (Å²) in [5.74, 6) is -2.15. The smallest absolute Gasteiger partial charge is 0.490 e. The lowest BCUT2D eigenvalue weighted by Crippen LogP contribution is -2.28. The number of carbonyl (C=O) groups excluding carboxylic acids is 2. The molecule has 12 heteroatoms. The van der Waals surface area contributed by atoms with Gasteiger partial charge >= 0.3 is 12.1 Å². The van der Waals surface area contributed by atoms with E-state index < -0.39 is 18.1 Å². The van der Waals surface area contributed by atoms with Crippen LogP contribution in [0.4, 0.5) is 19.0 Å². The van der Waals surface area contributed by atoms with E-state index in [4.69, 9.17) is 26.1 Å². The van der Waals surface area contributed by atoms with Gasteiger partial charge in [0.25, 0.3) is 5.91 Å². The van der Waals surface area contributed by atoms with E-state index in [1.807, 2.05) is 29.2 Å². The molecule has 1 fully saturated rings. The number of carbonyl (C=O) groups is 3. The fraction of sp³-hybridized carbons (Fsp3) is 0.280. The Morgan fingerprint density at radius 2 is 1.73 bits per heavy atom. The second-order valence-corrected chi connectivity index (χ2v) is 8.18. The minimum Gasteiger partial charge on any atom is -0.493 e. The summed E-state index contributed by atoms with van der Waals surface area (Å²) in [6.45, 7) is 1.87. The summed E-state index contributed by atoms with van der Waals surface area (Å²) >= 11 is 0. The van der Waals surface area contributed by atoms with E-state index in [9.17, 15) is 22.8 Å². The number of primary amides is 1. The number of rotatable bonds is 6. The van der Waals surface area contributed by atoms with Gasteiger partial charge in [0.2, 0.25) is 5.91 Å². The lowest BCUT2D eigenvalue weighted by Gasteiger charge is -2.17. The molecule has 37 heavy (non-hydrogen) atoms. The molecule has 0 saturated carbocycles. The Kier molecular flexibility index (Phi) is 8.53. The SMILES string of the molecule is NC(=O)c1ccc(C(=O)N2CCCC2)cc1CCOc1cccc2c(N)nccc12.O=C(O)C(F)(F)F. The monoisotopic (exact) mass is 518 g/mol. The van der Waals surface area contributed by atoms with Gasteiger partial charge in [-0.1, -0.05) is 12.1 Å². The molecule has 5 N–H and O–H groups in total. The van der Waals surface area contributed by atoms with Crippen molar-refractivity contribution in [3.63, 3.8) is 0 Å². The van der Waals surface area contributed by atoms with Crippen molar-refractivity contribution < 1.29 is 37.4 Å². The van der Waals surface area contributed by atoms with Crippen molar-refractivity contribution in [3.05, 3.63) is 65.4 Å². The molecule has 2 heterocycles. The van der Waals surface area contributed by atoms with Gasteiger partial charge in [0.05, 0.1) is 6.61 Å². The first kappa shape index (κ1) is 27.2. The van der Waals surface area contributed by atoms with E-state index in [0.29, 0.717) is 41.3 Å². The lowest BCUT2D eigenvalue weighted by atomic mass is 10.0. The van der Waals surface area contributed by atoms with Crippen LogP contribution in [0.1, 0.15) is 39.1 Å². The van der Waals surface area contributed by atoms with Gasteiger partial charge in [0, 0.05) is 47.6 Å². The van der Waals surface area contributed by atoms with Crippen molar-refractivity contribution in [2.75, 3.05) is 25.4 Å². The molecule has 0 aliphatic carbocycles. The summed E-state index contributed by atoms with van der Waals surface area (Å²) in [6, 6.07) is 12.5. The van der Waals surface area contributed by atoms with E-state index in [-0.39, 0.29) is 5.91 Å². The highest BCUT2D eigenvalue weighted by Gasteiger charge is 2.38. The summed E-state index contributed by atoms with van der Waals surface area (Å²) in [5.41, 5.74) is 13.2. The summed E-state index contributed by atoms with van der Waals surface area (Å²) in [4.78, 5) is 39.4. The fourth-order valence-corrected chi connectivity index (χ4v) is 3.87. The third-order valence-electron chi connectivity index (χ3n) is 5.68. The number of alkyl halides is 3. The van der Waals surface area contributed by atoms with Crippen LogP contribution in [0.2, 0.25) is 0 Å². The highest BCUT2D eigenvalue weighted by molar-refractivity contribution is 5.98. The number of halogens is 3. The van der Waals surface area contributed by atoms with Crippen LogP contribution in [-0.2, 0) is 11.2 Å². The third-order valence-corrected chi connectivity index (χ3v) is 5.68. The molecule has 2 aromatic carbocycles. The predicted octanol–water partition coefficient (Wildman–Crippen LogP) is 3.41. The Morgan fingerprint density at radius 3 is 2.35 bits per heavy atom. The number of benzene rings is 2. The van der Waals surface area contributed by atoms with Gasteiger partial charge in [-0.3, -0.25) is 9.59 Å². The summed E-state index contributed by atoms with van der Waals surface area (Å²) in [7, 11) is 0. The second-order valence-electron chi connectivity index (χ2n) is 8.18. The first-order chi connectivity index (χ1) is 17.5. The number of nitrogens with two attached hydrogens (primary N) is 2. The maximum Gasteiger partial charge on any atom is 0.490 e. The molecule has 9 nitrogen and oxygen atoms in total. The van der Waals surface area contributed by atoms with Crippen molar-refractivity contribution in [2.45, 2.75) is 25.4 Å². The molecule has 0 unspecified atom stereocenters. The Balaban J connectivity index is 0.000000479. The Labute approximate surface area is 209 Å². The van der Waals surface area contributed by atoms with Crippen LogP contribution in [0.5, 0.6) is 5.75 Å². The van der Waals surface area contributed by atoms with Crippen LogP contribution < -0.4 is 16.2 Å². The minimum absolute atomic E-state index is 0.0114. The zero-order valence-electron chi connectivity index (χ0n) is 19.6. The number of nitrogens with zero attached hydrogens (tertiary/aromatic N) is 2. The van der Waals surface area contributed by atoms with Crippen LogP contribution in [0.25, 0.3) is 10.8 Å². The van der Waals surface area contributed by atoms with Gasteiger partial charge in [-0.2, -0.15) is 13.2 Å². The van der Waals surface area contributed by atoms with Crippen LogP contribution in [0, 0.1) is 0 Å². The van der Waals surface area contributed by atoms with Gasteiger partial charge in [-0.25, -0.2) is 9.78 Å². The third kappa shape index (κ3) is 6.87. The molecule has 0 spiro atoms. The van der Waals surface area contributed by atoms with Crippen molar-refractivity contribution in [2.24, 2.45) is 5.73 Å². The van der Waals surface area contributed by atoms with E-state index >= 15 is 0 Å². The molecule has 1 aliphatic rings. The van der Waals surface area contributed by atoms with E-state index in [1.54, 1.807) is 24.4 Å². The number of carboxylic acids is 1. The molecule has 0 bridgehead atoms. The van der Waals surface area contributed by atoms with Crippen LogP contribution in [-0.4, -0.2) is 58.6 Å². The number of hydrogen-bond acceptors (Lipinski definition) is 6. The predicted molar refractivity (Wildman–Crippen MR) is 129 cm³/mol. The van der Waals surface area contributed by atoms with Crippen LogP contribution in [0.15, 0.2) is 48.7 Å². The molecule has 0 atom stereocenters. The maximum absolute atomic E-state index is 12.7. The second kappa shape index (κ2) is 11.6. The van der Waals surface area contributed by atoms with E-state index in [2.05, 4.69) is 4.98 Å². The van der Waals surface area contributed by atoms with Gasteiger partial charge in [0.1, 0.15) is 11.6 Å². The number of aromatic nitrogens is 1. The number of ether oxygens (including phenoxy) is 1. The summed E-state index contributed by atoms with van der Waals surface area (Å²) in [6.07, 6.45) is -0.951. The Morgan fingerprint density at radius 1 is 1.05 bits per heavy atom. The molecule has 1 saturated heterocycles. The van der Waals surface area contributed by atoms with E-state index in [0.717, 1.165) is 36.7 Å². The average molecular weight is 518 g/mol. The fourth-order valence-electron chi connectivity index (χ4n) is 3.87. The first-order valence-electron chi connectivity index (χ1n) is 11.3. The molecule has 2 amide bonds. The number of likely N-dealkylation sites (tertiary alicyclic amines) is 1. The van der Waals surface area contributed by atoms with Gasteiger partial charge < -0.3 is 26.2 Å². The number of hydrogen-bond donors (Lipinski definition) is 3. The first-order valence-corrected chi connectivity index (χ1v) is 11.3. The Hall–Kier alpha value is -4.35. The molecule has 1 aromatic heterocycles. The maximum atomic E-state index is 12.7. The molecule has 196 valence electrons. The number of pyridine rings is 1. The number of aliphatic carboxylic acids is 1. The molecule has 4 rings (SSSR count). The summed E-state index contributed by atoms with van der Waals surface area (Å²) < 4.78 is 37.7. The quantitative estimate of drug-likeness (QED) is 0.453. The van der Waals surface area contributed by atoms with Crippen molar-refractivity contribution in [3.8, 4) is 5.75 Å². The number of amides is 2. The van der Waals surface area contributed by atoms with Crippen molar-refractivity contribution in [1.82, 2.24) is 9.88 Å². The van der Waals surface area contributed by atoms with Gasteiger partial charge in [0.15, 0.2) is 0 Å².